The number of anilines is 1. The maximum Gasteiger partial charge on any atom is 0.345 e. The molecule has 0 amide bonds. The third-order valence-electron chi connectivity index (χ3n) is 4.28. The van der Waals surface area contributed by atoms with Gasteiger partial charge < -0.3 is 15.5 Å². The predicted octanol–water partition coefficient (Wildman–Crippen LogP) is 2.99. The van der Waals surface area contributed by atoms with Crippen LogP contribution in [0.4, 0.5) is 5.82 Å². The van der Waals surface area contributed by atoms with Crippen LogP contribution < -0.4 is 16.2 Å². The molecule has 4 N–H and O–H groups in total. The molecule has 0 spiro atoms. The van der Waals surface area contributed by atoms with Gasteiger partial charge in [0, 0.05) is 22.7 Å². The second-order valence-corrected chi connectivity index (χ2v) is 6.93. The normalized spacial score (nSPS) is 11.2. The van der Waals surface area contributed by atoms with Crippen LogP contribution in [0, 0.1) is 5.92 Å². The molecular formula is C20H20N6O2. The molecule has 0 atom stereocenters. The molecule has 0 unspecified atom stereocenters. The highest BCUT2D eigenvalue weighted by Gasteiger charge is 2.12. The second-order valence-electron chi connectivity index (χ2n) is 6.93. The highest BCUT2D eigenvalue weighted by molar-refractivity contribution is 5.92. The first-order chi connectivity index (χ1) is 13.5. The van der Waals surface area contributed by atoms with Crippen molar-refractivity contribution < 1.29 is 4.74 Å². The number of nitrogens with one attached hydrogen (secondary N) is 2. The van der Waals surface area contributed by atoms with Gasteiger partial charge in [-0.15, -0.1) is 0 Å². The zero-order valence-corrected chi connectivity index (χ0v) is 15.6. The van der Waals surface area contributed by atoms with Gasteiger partial charge in [-0.2, -0.15) is 10.1 Å². The van der Waals surface area contributed by atoms with Gasteiger partial charge in [-0.25, -0.2) is 4.79 Å². The van der Waals surface area contributed by atoms with Crippen molar-refractivity contribution in [3.05, 3.63) is 53.2 Å². The van der Waals surface area contributed by atoms with Crippen molar-refractivity contribution in [2.24, 2.45) is 5.92 Å². The standard InChI is InChI=1S/C20H20N6O2/c1-11(2)10-28-18-9-22-6-5-13(18)17-8-16(23-20(27)24-17)12-3-4-15-14(7-12)19(21)26-25-15/h3-9,11H,10H2,1-2H3,(H3,21,25,26)(H,23,24,27). The molecule has 3 heterocycles. The SMILES string of the molecule is CC(C)COc1cnccc1-c1cc(-c2ccc3[nH]nc(N)c3c2)nc(=O)[nH]1. The first-order valence-electron chi connectivity index (χ1n) is 8.94. The van der Waals surface area contributed by atoms with Crippen LogP contribution in [0.5, 0.6) is 5.75 Å². The third kappa shape index (κ3) is 3.44. The fourth-order valence-electron chi connectivity index (χ4n) is 2.92. The average molecular weight is 376 g/mol. The van der Waals surface area contributed by atoms with E-state index in [1.165, 1.54) is 0 Å². The number of pyridine rings is 1. The Balaban J connectivity index is 1.79. The Kier molecular flexibility index (Phi) is 4.52. The topological polar surface area (TPSA) is 123 Å². The number of nitrogen functional groups attached to an aromatic ring is 1. The second kappa shape index (κ2) is 7.15. The van der Waals surface area contributed by atoms with Crippen LogP contribution in [0.25, 0.3) is 33.4 Å². The van der Waals surface area contributed by atoms with Gasteiger partial charge >= 0.3 is 5.69 Å². The van der Waals surface area contributed by atoms with Gasteiger partial charge in [0.05, 0.1) is 29.7 Å². The minimum Gasteiger partial charge on any atom is -0.491 e. The fourth-order valence-corrected chi connectivity index (χ4v) is 2.92. The van der Waals surface area contributed by atoms with Gasteiger partial charge in [0.1, 0.15) is 5.75 Å². The molecule has 0 aliphatic carbocycles. The van der Waals surface area contributed by atoms with Gasteiger partial charge in [0.2, 0.25) is 0 Å². The summed E-state index contributed by atoms with van der Waals surface area (Å²) in [5.74, 6) is 1.38. The van der Waals surface area contributed by atoms with E-state index in [4.69, 9.17) is 10.5 Å². The van der Waals surface area contributed by atoms with Gasteiger partial charge in [-0.05, 0) is 30.2 Å². The van der Waals surface area contributed by atoms with E-state index in [0.29, 0.717) is 35.5 Å². The lowest BCUT2D eigenvalue weighted by Gasteiger charge is -2.13. The lowest BCUT2D eigenvalue weighted by Crippen LogP contribution is -2.12. The van der Waals surface area contributed by atoms with Gasteiger partial charge in [0.25, 0.3) is 0 Å². The number of hydrogen-bond acceptors (Lipinski definition) is 6. The Hall–Kier alpha value is -3.68. The summed E-state index contributed by atoms with van der Waals surface area (Å²) < 4.78 is 5.87. The zero-order valence-electron chi connectivity index (χ0n) is 15.6. The average Bonchev–Trinajstić information content (AvgIpc) is 3.06. The number of ether oxygens (including phenoxy) is 1. The molecule has 4 aromatic rings. The van der Waals surface area contributed by atoms with Crippen LogP contribution in [0.2, 0.25) is 0 Å². The molecule has 0 radical (unpaired) electrons. The Morgan fingerprint density at radius 1 is 1.21 bits per heavy atom. The third-order valence-corrected chi connectivity index (χ3v) is 4.28. The smallest absolute Gasteiger partial charge is 0.345 e. The molecule has 142 valence electrons. The molecule has 1 aromatic carbocycles. The molecule has 0 aliphatic heterocycles. The summed E-state index contributed by atoms with van der Waals surface area (Å²) in [6.45, 7) is 4.69. The Bertz CT molecular complexity index is 1190. The molecule has 4 rings (SSSR count). The largest absolute Gasteiger partial charge is 0.491 e. The minimum atomic E-state index is -0.445. The summed E-state index contributed by atoms with van der Waals surface area (Å²) in [6, 6.07) is 9.22. The zero-order chi connectivity index (χ0) is 19.7. The molecule has 3 aromatic heterocycles. The summed E-state index contributed by atoms with van der Waals surface area (Å²) in [4.78, 5) is 23.3. The molecule has 0 saturated carbocycles. The minimum absolute atomic E-state index is 0.368. The summed E-state index contributed by atoms with van der Waals surface area (Å²) >= 11 is 0. The number of benzene rings is 1. The Labute approximate surface area is 160 Å². The quantitative estimate of drug-likeness (QED) is 0.492. The van der Waals surface area contributed by atoms with Crippen molar-refractivity contribution >= 4 is 16.7 Å². The Morgan fingerprint density at radius 2 is 2.07 bits per heavy atom. The van der Waals surface area contributed by atoms with Crippen molar-refractivity contribution in [1.82, 2.24) is 25.1 Å². The van der Waals surface area contributed by atoms with E-state index in [9.17, 15) is 4.79 Å². The summed E-state index contributed by atoms with van der Waals surface area (Å²) in [5, 5.41) is 7.64. The maximum absolute atomic E-state index is 12.2. The lowest BCUT2D eigenvalue weighted by atomic mass is 10.1. The maximum atomic E-state index is 12.2. The fraction of sp³-hybridized carbons (Fsp3) is 0.200. The van der Waals surface area contributed by atoms with Gasteiger partial charge in [-0.1, -0.05) is 19.9 Å². The molecule has 0 aliphatic rings. The summed E-state index contributed by atoms with van der Waals surface area (Å²) in [5.41, 5.74) is 8.94. The van der Waals surface area contributed by atoms with Crippen LogP contribution in [0.3, 0.4) is 0 Å². The first kappa shape index (κ1) is 17.7. The molecule has 0 bridgehead atoms. The van der Waals surface area contributed by atoms with Crippen LogP contribution in [0.1, 0.15) is 13.8 Å². The van der Waals surface area contributed by atoms with Crippen molar-refractivity contribution in [3.8, 4) is 28.3 Å². The number of nitrogens with zero attached hydrogens (tertiary/aromatic N) is 3. The highest BCUT2D eigenvalue weighted by atomic mass is 16.5. The van der Waals surface area contributed by atoms with Crippen molar-refractivity contribution in [2.75, 3.05) is 12.3 Å². The molecule has 8 nitrogen and oxygen atoms in total. The van der Waals surface area contributed by atoms with E-state index in [1.807, 2.05) is 30.3 Å². The van der Waals surface area contributed by atoms with E-state index < -0.39 is 5.69 Å². The monoisotopic (exact) mass is 376 g/mol. The highest BCUT2D eigenvalue weighted by Crippen LogP contribution is 2.30. The number of aromatic nitrogens is 5. The number of hydrogen-bond donors (Lipinski definition) is 3. The predicted molar refractivity (Wildman–Crippen MR) is 108 cm³/mol. The number of fused-ring (bicyclic) bond motifs is 1. The number of rotatable bonds is 5. The van der Waals surface area contributed by atoms with Gasteiger partial charge in [-0.3, -0.25) is 10.1 Å². The van der Waals surface area contributed by atoms with Crippen molar-refractivity contribution in [3.63, 3.8) is 0 Å². The first-order valence-corrected chi connectivity index (χ1v) is 8.94. The van der Waals surface area contributed by atoms with Crippen molar-refractivity contribution in [1.29, 1.82) is 0 Å². The van der Waals surface area contributed by atoms with Crippen LogP contribution in [-0.4, -0.2) is 31.8 Å². The number of aromatic amines is 2. The lowest BCUT2D eigenvalue weighted by molar-refractivity contribution is 0.271. The van der Waals surface area contributed by atoms with E-state index in [2.05, 4.69) is 39.0 Å². The van der Waals surface area contributed by atoms with E-state index in [1.54, 1.807) is 12.4 Å². The van der Waals surface area contributed by atoms with Crippen molar-refractivity contribution in [2.45, 2.75) is 13.8 Å². The van der Waals surface area contributed by atoms with E-state index in [0.717, 1.165) is 22.0 Å². The summed E-state index contributed by atoms with van der Waals surface area (Å²) in [7, 11) is 0. The Morgan fingerprint density at radius 3 is 2.89 bits per heavy atom. The molecule has 8 heteroatoms. The van der Waals surface area contributed by atoms with Crippen LogP contribution in [0.15, 0.2) is 47.5 Å². The molecule has 28 heavy (non-hydrogen) atoms. The van der Waals surface area contributed by atoms with Crippen LogP contribution >= 0.6 is 0 Å². The summed E-state index contributed by atoms with van der Waals surface area (Å²) in [6.07, 6.45) is 3.31. The number of H-pyrrole nitrogens is 2. The van der Waals surface area contributed by atoms with E-state index >= 15 is 0 Å². The molecular weight excluding hydrogens is 356 g/mol. The van der Waals surface area contributed by atoms with Crippen LogP contribution in [-0.2, 0) is 0 Å². The molecule has 0 fully saturated rings. The molecule has 0 saturated heterocycles. The van der Waals surface area contributed by atoms with Gasteiger partial charge in [0.15, 0.2) is 5.82 Å². The number of nitrogens with two attached hydrogens (primary N) is 1. The van der Waals surface area contributed by atoms with E-state index in [-0.39, 0.29) is 0 Å².